The highest BCUT2D eigenvalue weighted by molar-refractivity contribution is 8.03. The third kappa shape index (κ3) is 5.78. The van der Waals surface area contributed by atoms with E-state index in [4.69, 9.17) is 9.47 Å². The number of thioether (sulfide) groups is 1. The van der Waals surface area contributed by atoms with Crippen LogP contribution in [-0.4, -0.2) is 60.7 Å². The minimum atomic E-state index is -1.30. The molecule has 1 aromatic carbocycles. The van der Waals surface area contributed by atoms with Crippen molar-refractivity contribution in [3.63, 3.8) is 0 Å². The van der Waals surface area contributed by atoms with E-state index in [-0.39, 0.29) is 39.9 Å². The fourth-order valence-electron chi connectivity index (χ4n) is 4.00. The summed E-state index contributed by atoms with van der Waals surface area (Å²) < 4.78 is 9.53. The van der Waals surface area contributed by atoms with Crippen LogP contribution in [-0.2, 0) is 23.9 Å². The molecule has 0 saturated heterocycles. The van der Waals surface area contributed by atoms with Gasteiger partial charge in [0.05, 0.1) is 42.2 Å². The number of amides is 2. The van der Waals surface area contributed by atoms with Gasteiger partial charge in [0, 0.05) is 18.0 Å². The highest BCUT2D eigenvalue weighted by Gasteiger charge is 2.44. The summed E-state index contributed by atoms with van der Waals surface area (Å²) in [4.78, 5) is 51.8. The average molecular weight is 488 g/mol. The van der Waals surface area contributed by atoms with E-state index in [9.17, 15) is 24.4 Å². The summed E-state index contributed by atoms with van der Waals surface area (Å²) in [5.41, 5.74) is 0.899. The summed E-state index contributed by atoms with van der Waals surface area (Å²) in [5, 5.41) is 12.8. The van der Waals surface area contributed by atoms with Crippen molar-refractivity contribution < 1.29 is 28.7 Å². The standard InChI is InChI=1S/C24H29N3O6S/c1-13(2)27(14(3)4)18(28)12-34-22-17(11-25)19(20(21(29)26-22)24(31)33-6)15-7-9-16(10-8-15)23(30)32-5/h7-10,13-14,19-20H,12H2,1-6H3,(H,26,29)/t19-,20-/m0/s1. The maximum atomic E-state index is 12.9. The second-order valence-corrected chi connectivity index (χ2v) is 9.20. The first kappa shape index (κ1) is 26.9. The van der Waals surface area contributed by atoms with Gasteiger partial charge in [-0.15, -0.1) is 0 Å². The molecule has 1 N–H and O–H groups in total. The Bertz CT molecular complexity index is 1020. The van der Waals surface area contributed by atoms with Gasteiger partial charge in [-0.2, -0.15) is 5.26 Å². The van der Waals surface area contributed by atoms with Crippen LogP contribution in [0, 0.1) is 17.2 Å². The molecule has 0 saturated carbocycles. The van der Waals surface area contributed by atoms with Gasteiger partial charge in [0.2, 0.25) is 11.8 Å². The average Bonchev–Trinajstić information content (AvgIpc) is 2.80. The van der Waals surface area contributed by atoms with E-state index in [1.54, 1.807) is 17.0 Å². The lowest BCUT2D eigenvalue weighted by molar-refractivity contribution is -0.150. The maximum absolute atomic E-state index is 12.9. The van der Waals surface area contributed by atoms with E-state index in [0.29, 0.717) is 5.56 Å². The zero-order valence-electron chi connectivity index (χ0n) is 20.1. The number of carbonyl (C=O) groups excluding carboxylic acids is 4. The number of esters is 2. The molecule has 1 aliphatic heterocycles. The number of allylic oxidation sites excluding steroid dienone is 1. The number of ether oxygens (including phenoxy) is 2. The van der Waals surface area contributed by atoms with E-state index in [1.807, 2.05) is 27.7 Å². The van der Waals surface area contributed by atoms with Gasteiger partial charge < -0.3 is 19.7 Å². The fraction of sp³-hybridized carbons (Fsp3) is 0.458. The van der Waals surface area contributed by atoms with Crippen LogP contribution < -0.4 is 5.32 Å². The van der Waals surface area contributed by atoms with Crippen LogP contribution >= 0.6 is 11.8 Å². The molecule has 9 nitrogen and oxygen atoms in total. The van der Waals surface area contributed by atoms with Crippen molar-refractivity contribution in [2.24, 2.45) is 5.92 Å². The molecule has 2 rings (SSSR count). The Kier molecular flexibility index (Phi) is 9.27. The van der Waals surface area contributed by atoms with Crippen molar-refractivity contribution >= 4 is 35.5 Å². The summed E-state index contributed by atoms with van der Waals surface area (Å²) in [7, 11) is 2.42. The lowest BCUT2D eigenvalue weighted by Gasteiger charge is -2.32. The molecule has 0 spiro atoms. The number of nitrogens with one attached hydrogen (secondary N) is 1. The number of nitriles is 1. The molecular formula is C24H29N3O6S. The van der Waals surface area contributed by atoms with E-state index >= 15 is 0 Å². The number of hydrogen-bond donors (Lipinski definition) is 1. The minimum absolute atomic E-state index is 0.00798. The summed E-state index contributed by atoms with van der Waals surface area (Å²) in [6, 6.07) is 8.20. The van der Waals surface area contributed by atoms with Crippen molar-refractivity contribution in [1.29, 1.82) is 5.26 Å². The summed E-state index contributed by atoms with van der Waals surface area (Å²) in [6.45, 7) is 7.67. The highest BCUT2D eigenvalue weighted by Crippen LogP contribution is 2.40. The molecule has 1 heterocycles. The lowest BCUT2D eigenvalue weighted by Crippen LogP contribution is -2.45. The molecule has 1 aliphatic rings. The van der Waals surface area contributed by atoms with E-state index in [1.165, 1.54) is 19.2 Å². The van der Waals surface area contributed by atoms with Crippen LogP contribution in [0.2, 0.25) is 0 Å². The summed E-state index contributed by atoms with van der Waals surface area (Å²) >= 11 is 1.04. The van der Waals surface area contributed by atoms with Crippen molar-refractivity contribution in [3.8, 4) is 6.07 Å². The first-order valence-corrected chi connectivity index (χ1v) is 11.7. The molecule has 0 fully saturated rings. The predicted octanol–water partition coefficient (Wildman–Crippen LogP) is 2.59. The van der Waals surface area contributed by atoms with E-state index in [0.717, 1.165) is 18.9 Å². The Morgan fingerprint density at radius 2 is 1.68 bits per heavy atom. The normalized spacial score (nSPS) is 17.8. The van der Waals surface area contributed by atoms with Crippen LogP contribution in [0.15, 0.2) is 34.9 Å². The first-order chi connectivity index (χ1) is 16.1. The quantitative estimate of drug-likeness (QED) is 0.438. The van der Waals surface area contributed by atoms with Crippen LogP contribution in [0.1, 0.15) is 49.5 Å². The second-order valence-electron chi connectivity index (χ2n) is 8.21. The summed E-state index contributed by atoms with van der Waals surface area (Å²) in [5.74, 6) is -4.33. The maximum Gasteiger partial charge on any atom is 0.337 e. The number of benzene rings is 1. The zero-order valence-corrected chi connectivity index (χ0v) is 20.9. The number of nitrogens with zero attached hydrogens (tertiary/aromatic N) is 2. The molecule has 34 heavy (non-hydrogen) atoms. The molecule has 182 valence electrons. The Labute approximate surface area is 203 Å². The molecule has 0 aromatic heterocycles. The molecule has 10 heteroatoms. The number of carbonyl (C=O) groups is 4. The molecule has 0 unspecified atom stereocenters. The summed E-state index contributed by atoms with van der Waals surface area (Å²) in [6.07, 6.45) is 0. The van der Waals surface area contributed by atoms with Crippen LogP contribution in [0.4, 0.5) is 0 Å². The fourth-order valence-corrected chi connectivity index (χ4v) is 4.92. The van der Waals surface area contributed by atoms with Crippen LogP contribution in [0.3, 0.4) is 0 Å². The molecule has 0 aliphatic carbocycles. The van der Waals surface area contributed by atoms with E-state index in [2.05, 4.69) is 11.4 Å². The highest BCUT2D eigenvalue weighted by atomic mass is 32.2. The van der Waals surface area contributed by atoms with Gasteiger partial charge in [0.1, 0.15) is 5.92 Å². The monoisotopic (exact) mass is 487 g/mol. The Morgan fingerprint density at radius 1 is 1.09 bits per heavy atom. The lowest BCUT2D eigenvalue weighted by atomic mass is 9.78. The molecule has 0 bridgehead atoms. The smallest absolute Gasteiger partial charge is 0.337 e. The third-order valence-electron chi connectivity index (χ3n) is 5.42. The first-order valence-electron chi connectivity index (χ1n) is 10.7. The third-order valence-corrected chi connectivity index (χ3v) is 6.42. The number of methoxy groups -OCH3 is 2. The Morgan fingerprint density at radius 3 is 2.15 bits per heavy atom. The zero-order chi connectivity index (χ0) is 25.6. The van der Waals surface area contributed by atoms with Crippen LogP contribution in [0.5, 0.6) is 0 Å². The molecule has 0 radical (unpaired) electrons. The molecular weight excluding hydrogens is 458 g/mol. The Hall–Kier alpha value is -3.32. The molecule has 2 atom stereocenters. The number of hydrogen-bond acceptors (Lipinski definition) is 8. The van der Waals surface area contributed by atoms with E-state index < -0.39 is 29.7 Å². The largest absolute Gasteiger partial charge is 0.468 e. The second kappa shape index (κ2) is 11.7. The van der Waals surface area contributed by atoms with Gasteiger partial charge in [-0.05, 0) is 45.4 Å². The van der Waals surface area contributed by atoms with Crippen molar-refractivity contribution in [2.75, 3.05) is 20.0 Å². The Balaban J connectivity index is 2.48. The van der Waals surface area contributed by atoms with Gasteiger partial charge in [-0.3, -0.25) is 14.4 Å². The predicted molar refractivity (Wildman–Crippen MR) is 126 cm³/mol. The number of rotatable bonds is 8. The molecule has 2 amide bonds. The topological polar surface area (TPSA) is 126 Å². The van der Waals surface area contributed by atoms with Crippen LogP contribution in [0.25, 0.3) is 0 Å². The van der Waals surface area contributed by atoms with Gasteiger partial charge >= 0.3 is 11.9 Å². The van der Waals surface area contributed by atoms with Crippen molar-refractivity contribution in [2.45, 2.75) is 45.7 Å². The minimum Gasteiger partial charge on any atom is -0.468 e. The van der Waals surface area contributed by atoms with Crippen molar-refractivity contribution in [3.05, 3.63) is 46.0 Å². The van der Waals surface area contributed by atoms with Gasteiger partial charge in [0.25, 0.3) is 0 Å². The van der Waals surface area contributed by atoms with Gasteiger partial charge in [-0.25, -0.2) is 4.79 Å². The van der Waals surface area contributed by atoms with Gasteiger partial charge in [-0.1, -0.05) is 23.9 Å². The SMILES string of the molecule is COC(=O)c1ccc([C@H]2C(C#N)=C(SCC(=O)N(C(C)C)C(C)C)NC(=O)[C@H]2C(=O)OC)cc1. The van der Waals surface area contributed by atoms with Gasteiger partial charge in [0.15, 0.2) is 0 Å². The van der Waals surface area contributed by atoms with Crippen molar-refractivity contribution in [1.82, 2.24) is 10.2 Å². The molecule has 1 aromatic rings.